The molecule has 0 fully saturated rings. The Labute approximate surface area is 142 Å². The van der Waals surface area contributed by atoms with Crippen molar-refractivity contribution in [3.63, 3.8) is 0 Å². The number of aromatic nitrogens is 1. The summed E-state index contributed by atoms with van der Waals surface area (Å²) in [5.74, 6) is 0.258. The van der Waals surface area contributed by atoms with Crippen LogP contribution in [0.2, 0.25) is 0 Å². The van der Waals surface area contributed by atoms with Crippen LogP contribution in [0, 0.1) is 3.57 Å². The van der Waals surface area contributed by atoms with E-state index in [2.05, 4.69) is 27.6 Å². The fraction of sp³-hybridized carbons (Fsp3) is 0.357. The second kappa shape index (κ2) is 9.23. The molecule has 1 rings (SSSR count). The zero-order valence-corrected chi connectivity index (χ0v) is 14.6. The normalized spacial score (nSPS) is 10.5. The first-order valence-corrected chi connectivity index (χ1v) is 7.58. The lowest BCUT2D eigenvalue weighted by Gasteiger charge is -2.17. The Hall–Kier alpha value is -1.84. The predicted octanol–water partition coefficient (Wildman–Crippen LogP) is 1.69. The number of carbonyl (C=O) groups is 2. The van der Waals surface area contributed by atoms with Gasteiger partial charge in [-0.25, -0.2) is 9.78 Å². The molecule has 0 saturated carbocycles. The summed E-state index contributed by atoms with van der Waals surface area (Å²) < 4.78 is 6.38. The molecule has 0 aliphatic heterocycles. The van der Waals surface area contributed by atoms with E-state index in [9.17, 15) is 9.59 Å². The number of hydrogen-bond acceptors (Lipinski definition) is 4. The lowest BCUT2D eigenvalue weighted by atomic mass is 10.4. The van der Waals surface area contributed by atoms with E-state index in [4.69, 9.17) is 9.84 Å². The molecule has 0 unspecified atom stereocenters. The standard InChI is InChI=1S/C14H18IN3O4/c1-17(2)13(19)4-3-7-18(14(20)21)8-9-22-12-6-5-11(15)10-16-12/h3-6,10H,7-9H2,1-2H3,(H,20,21). The van der Waals surface area contributed by atoms with Gasteiger partial charge in [-0.15, -0.1) is 0 Å². The van der Waals surface area contributed by atoms with Crippen LogP contribution in [0.4, 0.5) is 4.79 Å². The van der Waals surface area contributed by atoms with Crippen molar-refractivity contribution < 1.29 is 19.4 Å². The van der Waals surface area contributed by atoms with Gasteiger partial charge in [0.2, 0.25) is 11.8 Å². The highest BCUT2D eigenvalue weighted by atomic mass is 127. The Morgan fingerprint density at radius 2 is 2.14 bits per heavy atom. The molecule has 22 heavy (non-hydrogen) atoms. The first-order valence-electron chi connectivity index (χ1n) is 6.50. The summed E-state index contributed by atoms with van der Waals surface area (Å²) in [5, 5.41) is 9.11. The molecule has 1 N–H and O–H groups in total. The number of rotatable bonds is 7. The number of nitrogens with zero attached hydrogens (tertiary/aromatic N) is 3. The molecule has 1 aromatic heterocycles. The Morgan fingerprint density at radius 1 is 1.41 bits per heavy atom. The molecule has 0 saturated heterocycles. The van der Waals surface area contributed by atoms with Crippen LogP contribution in [-0.2, 0) is 4.79 Å². The smallest absolute Gasteiger partial charge is 0.407 e. The van der Waals surface area contributed by atoms with Gasteiger partial charge in [-0.2, -0.15) is 0 Å². The van der Waals surface area contributed by atoms with Crippen molar-refractivity contribution in [3.8, 4) is 5.88 Å². The van der Waals surface area contributed by atoms with Gasteiger partial charge in [0.1, 0.15) is 6.61 Å². The SMILES string of the molecule is CN(C)C(=O)C=CCN(CCOc1ccc(I)cn1)C(=O)O. The minimum absolute atomic E-state index is 0.123. The van der Waals surface area contributed by atoms with Crippen LogP contribution in [-0.4, -0.2) is 65.7 Å². The lowest BCUT2D eigenvalue weighted by Crippen LogP contribution is -2.33. The van der Waals surface area contributed by atoms with Crippen LogP contribution < -0.4 is 4.74 Å². The van der Waals surface area contributed by atoms with E-state index in [1.807, 2.05) is 6.07 Å². The van der Waals surface area contributed by atoms with Crippen molar-refractivity contribution in [1.29, 1.82) is 0 Å². The van der Waals surface area contributed by atoms with Crippen molar-refractivity contribution in [2.45, 2.75) is 0 Å². The zero-order valence-electron chi connectivity index (χ0n) is 12.4. The van der Waals surface area contributed by atoms with Crippen LogP contribution >= 0.6 is 22.6 Å². The van der Waals surface area contributed by atoms with E-state index < -0.39 is 6.09 Å². The number of carboxylic acid groups (broad SMARTS) is 1. The van der Waals surface area contributed by atoms with Crippen LogP contribution in [0.5, 0.6) is 5.88 Å². The molecule has 0 atom stereocenters. The molecule has 0 aliphatic rings. The van der Waals surface area contributed by atoms with E-state index in [1.165, 1.54) is 17.1 Å². The van der Waals surface area contributed by atoms with Crippen molar-refractivity contribution in [3.05, 3.63) is 34.1 Å². The predicted molar refractivity (Wildman–Crippen MR) is 89.9 cm³/mol. The summed E-state index contributed by atoms with van der Waals surface area (Å²) in [6.07, 6.45) is 3.46. The fourth-order valence-corrected chi connectivity index (χ4v) is 1.72. The van der Waals surface area contributed by atoms with Gasteiger partial charge in [0.15, 0.2) is 0 Å². The van der Waals surface area contributed by atoms with Gasteiger partial charge < -0.3 is 19.6 Å². The molecule has 0 spiro atoms. The minimum Gasteiger partial charge on any atom is -0.476 e. The third-order valence-electron chi connectivity index (χ3n) is 2.61. The summed E-state index contributed by atoms with van der Waals surface area (Å²) in [4.78, 5) is 29.1. The number of hydrogen-bond donors (Lipinski definition) is 1. The third-order valence-corrected chi connectivity index (χ3v) is 3.25. The van der Waals surface area contributed by atoms with Gasteiger partial charge in [-0.3, -0.25) is 4.79 Å². The Balaban J connectivity index is 2.42. The summed E-state index contributed by atoms with van der Waals surface area (Å²) in [6, 6.07) is 3.58. The monoisotopic (exact) mass is 419 g/mol. The maximum absolute atomic E-state index is 11.4. The molecular formula is C14H18IN3O4. The van der Waals surface area contributed by atoms with E-state index in [1.54, 1.807) is 26.4 Å². The average molecular weight is 419 g/mol. The Morgan fingerprint density at radius 3 is 2.68 bits per heavy atom. The molecule has 1 heterocycles. The number of pyridine rings is 1. The number of likely N-dealkylation sites (N-methyl/N-ethyl adjacent to an activating group) is 1. The highest BCUT2D eigenvalue weighted by molar-refractivity contribution is 14.1. The number of amides is 2. The molecule has 2 amide bonds. The largest absolute Gasteiger partial charge is 0.476 e. The van der Waals surface area contributed by atoms with E-state index in [-0.39, 0.29) is 25.6 Å². The van der Waals surface area contributed by atoms with Gasteiger partial charge >= 0.3 is 6.09 Å². The van der Waals surface area contributed by atoms with Crippen LogP contribution in [0.1, 0.15) is 0 Å². The molecular weight excluding hydrogens is 401 g/mol. The summed E-state index contributed by atoms with van der Waals surface area (Å²) in [7, 11) is 3.26. The molecule has 0 bridgehead atoms. The van der Waals surface area contributed by atoms with Crippen molar-refractivity contribution in [2.24, 2.45) is 0 Å². The quantitative estimate of drug-likeness (QED) is 0.538. The first-order chi connectivity index (χ1) is 10.4. The molecule has 8 heteroatoms. The zero-order chi connectivity index (χ0) is 16.5. The second-order valence-corrected chi connectivity index (χ2v) is 5.77. The van der Waals surface area contributed by atoms with Crippen LogP contribution in [0.15, 0.2) is 30.5 Å². The second-order valence-electron chi connectivity index (χ2n) is 4.53. The van der Waals surface area contributed by atoms with Crippen LogP contribution in [0.3, 0.4) is 0 Å². The van der Waals surface area contributed by atoms with Crippen molar-refractivity contribution >= 4 is 34.6 Å². The maximum atomic E-state index is 11.4. The topological polar surface area (TPSA) is 83.0 Å². The molecule has 7 nitrogen and oxygen atoms in total. The fourth-order valence-electron chi connectivity index (χ4n) is 1.40. The molecule has 0 aromatic carbocycles. The van der Waals surface area contributed by atoms with E-state index in [0.717, 1.165) is 8.47 Å². The first kappa shape index (κ1) is 18.2. The molecule has 0 radical (unpaired) electrons. The molecule has 120 valence electrons. The minimum atomic E-state index is -1.07. The number of carbonyl (C=O) groups excluding carboxylic acids is 1. The van der Waals surface area contributed by atoms with Gasteiger partial charge in [0.25, 0.3) is 0 Å². The average Bonchev–Trinajstić information content (AvgIpc) is 2.47. The van der Waals surface area contributed by atoms with E-state index >= 15 is 0 Å². The van der Waals surface area contributed by atoms with E-state index in [0.29, 0.717) is 5.88 Å². The van der Waals surface area contributed by atoms with Gasteiger partial charge in [-0.05, 0) is 28.7 Å². The van der Waals surface area contributed by atoms with Crippen LogP contribution in [0.25, 0.3) is 0 Å². The highest BCUT2D eigenvalue weighted by Crippen LogP contribution is 2.09. The third kappa shape index (κ3) is 6.74. The van der Waals surface area contributed by atoms with Crippen molar-refractivity contribution in [2.75, 3.05) is 33.8 Å². The lowest BCUT2D eigenvalue weighted by molar-refractivity contribution is -0.123. The molecule has 1 aromatic rings. The number of halogens is 1. The summed E-state index contributed by atoms with van der Waals surface area (Å²) in [6.45, 7) is 0.497. The summed E-state index contributed by atoms with van der Waals surface area (Å²) in [5.41, 5.74) is 0. The summed E-state index contributed by atoms with van der Waals surface area (Å²) >= 11 is 2.14. The molecule has 0 aliphatic carbocycles. The van der Waals surface area contributed by atoms with Gasteiger partial charge in [-0.1, -0.05) is 6.08 Å². The van der Waals surface area contributed by atoms with Gasteiger partial charge in [0, 0.05) is 42.5 Å². The Kier molecular flexibility index (Phi) is 7.64. The maximum Gasteiger partial charge on any atom is 0.407 e. The Bertz CT molecular complexity index is 531. The highest BCUT2D eigenvalue weighted by Gasteiger charge is 2.10. The van der Waals surface area contributed by atoms with Gasteiger partial charge in [0.05, 0.1) is 6.54 Å². The number of ether oxygens (including phenoxy) is 1. The van der Waals surface area contributed by atoms with Crippen molar-refractivity contribution in [1.82, 2.24) is 14.8 Å².